The average Bonchev–Trinajstić information content (AvgIpc) is 2.83. The molecule has 0 spiro atoms. The van der Waals surface area contributed by atoms with Crippen LogP contribution in [0.1, 0.15) is 27.6 Å². The van der Waals surface area contributed by atoms with E-state index in [1.165, 1.54) is 37.3 Å². The van der Waals surface area contributed by atoms with E-state index in [0.29, 0.717) is 0 Å². The monoisotopic (exact) mass is 404 g/mol. The number of rotatable bonds is 4. The van der Waals surface area contributed by atoms with Gasteiger partial charge in [-0.25, -0.2) is 17.5 Å². The van der Waals surface area contributed by atoms with Gasteiger partial charge < -0.3 is 15.5 Å². The van der Waals surface area contributed by atoms with Gasteiger partial charge in [0, 0.05) is 11.3 Å². The fourth-order valence-corrected chi connectivity index (χ4v) is 4.64. The van der Waals surface area contributed by atoms with E-state index in [2.05, 4.69) is 5.32 Å². The van der Waals surface area contributed by atoms with Gasteiger partial charge in [-0.05, 0) is 42.5 Å². The maximum atomic E-state index is 12.3. The fourth-order valence-electron chi connectivity index (χ4n) is 2.82. The first-order chi connectivity index (χ1) is 13.1. The van der Waals surface area contributed by atoms with Crippen LogP contribution in [0.25, 0.3) is 0 Å². The number of benzene rings is 2. The van der Waals surface area contributed by atoms with Crippen molar-refractivity contribution >= 4 is 39.2 Å². The fraction of sp³-hybridized carbons (Fsp3) is 0.167. The Morgan fingerprint density at radius 1 is 1.14 bits per heavy atom. The van der Waals surface area contributed by atoms with E-state index in [9.17, 15) is 27.9 Å². The number of sulfonamides is 1. The van der Waals surface area contributed by atoms with Crippen LogP contribution >= 0.6 is 0 Å². The van der Waals surface area contributed by atoms with Crippen LogP contribution in [0.2, 0.25) is 0 Å². The number of carbonyl (C=O) groups excluding carboxylic acids is 2. The largest absolute Gasteiger partial charge is 0.507 e. The number of anilines is 2. The van der Waals surface area contributed by atoms with Gasteiger partial charge in [0.2, 0.25) is 15.9 Å². The van der Waals surface area contributed by atoms with Gasteiger partial charge in [-0.2, -0.15) is 0 Å². The van der Waals surface area contributed by atoms with Gasteiger partial charge in [0.1, 0.15) is 11.3 Å². The molecule has 0 radical (unpaired) electrons. The van der Waals surface area contributed by atoms with Crippen LogP contribution in [0.5, 0.6) is 5.75 Å². The van der Waals surface area contributed by atoms with E-state index in [4.69, 9.17) is 5.11 Å². The first-order valence-corrected chi connectivity index (χ1v) is 9.75. The maximum Gasteiger partial charge on any atom is 0.339 e. The number of aromatic carboxylic acids is 1. The number of nitrogens with zero attached hydrogens (tertiary/aromatic N) is 1. The van der Waals surface area contributed by atoms with E-state index in [-0.39, 0.29) is 28.3 Å². The first-order valence-electron chi connectivity index (χ1n) is 8.15. The molecule has 1 fully saturated rings. The molecule has 0 unspecified atom stereocenters. The first kappa shape index (κ1) is 19.4. The Labute approximate surface area is 160 Å². The second-order valence-electron chi connectivity index (χ2n) is 6.32. The third kappa shape index (κ3) is 3.54. The number of carboxylic acids is 1. The Bertz CT molecular complexity index is 1080. The molecule has 3 rings (SSSR count). The minimum Gasteiger partial charge on any atom is -0.507 e. The molecular formula is C18H16N2O7S. The van der Waals surface area contributed by atoms with Crippen molar-refractivity contribution in [2.24, 2.45) is 5.92 Å². The van der Waals surface area contributed by atoms with Crippen molar-refractivity contribution in [3.63, 3.8) is 0 Å². The van der Waals surface area contributed by atoms with Gasteiger partial charge >= 0.3 is 5.97 Å². The van der Waals surface area contributed by atoms with Gasteiger partial charge in [-0.3, -0.25) is 9.59 Å². The molecule has 1 atom stereocenters. The van der Waals surface area contributed by atoms with Crippen molar-refractivity contribution in [2.75, 3.05) is 15.4 Å². The van der Waals surface area contributed by atoms with Crippen molar-refractivity contribution in [1.29, 1.82) is 0 Å². The summed E-state index contributed by atoms with van der Waals surface area (Å²) < 4.78 is 25.0. The van der Waals surface area contributed by atoms with Crippen molar-refractivity contribution in [1.82, 2.24) is 0 Å². The Morgan fingerprint density at radius 2 is 1.79 bits per heavy atom. The summed E-state index contributed by atoms with van der Waals surface area (Å²) in [5.74, 6) is -3.77. The van der Waals surface area contributed by atoms with Crippen molar-refractivity contribution in [3.05, 3.63) is 53.6 Å². The topological polar surface area (TPSA) is 141 Å². The molecule has 0 bridgehead atoms. The third-order valence-electron chi connectivity index (χ3n) is 4.21. The predicted molar refractivity (Wildman–Crippen MR) is 99.9 cm³/mol. The van der Waals surface area contributed by atoms with Crippen LogP contribution in [0.15, 0.2) is 42.5 Å². The molecule has 0 aromatic heterocycles. The van der Waals surface area contributed by atoms with Crippen LogP contribution in [0, 0.1) is 5.92 Å². The van der Waals surface area contributed by atoms with Crippen molar-refractivity contribution in [3.8, 4) is 5.75 Å². The molecule has 2 amide bonds. The van der Waals surface area contributed by atoms with Crippen LogP contribution in [-0.4, -0.2) is 42.2 Å². The third-order valence-corrected chi connectivity index (χ3v) is 6.08. The van der Waals surface area contributed by atoms with Gasteiger partial charge in [0.25, 0.3) is 5.91 Å². The number of carbonyl (C=O) groups is 3. The Kier molecular flexibility index (Phi) is 4.82. The summed E-state index contributed by atoms with van der Waals surface area (Å²) in [6.45, 7) is 1.53. The van der Waals surface area contributed by atoms with E-state index >= 15 is 0 Å². The number of amides is 2. The summed E-state index contributed by atoms with van der Waals surface area (Å²) in [5, 5.41) is 21.0. The van der Waals surface area contributed by atoms with Crippen LogP contribution in [0.4, 0.5) is 11.4 Å². The molecule has 146 valence electrons. The zero-order valence-electron chi connectivity index (χ0n) is 14.6. The van der Waals surface area contributed by atoms with Crippen LogP contribution in [0.3, 0.4) is 0 Å². The number of phenols is 1. The molecule has 10 heteroatoms. The van der Waals surface area contributed by atoms with Crippen LogP contribution < -0.4 is 9.62 Å². The van der Waals surface area contributed by atoms with Crippen LogP contribution in [-0.2, 0) is 14.8 Å². The second kappa shape index (κ2) is 6.97. The van der Waals surface area contributed by atoms with Gasteiger partial charge in [0.05, 0.1) is 17.4 Å². The second-order valence-corrected chi connectivity index (χ2v) is 8.18. The highest BCUT2D eigenvalue weighted by Crippen LogP contribution is 2.28. The summed E-state index contributed by atoms with van der Waals surface area (Å²) in [6, 6.07) is 9.01. The van der Waals surface area contributed by atoms with E-state index in [1.807, 2.05) is 0 Å². The van der Waals surface area contributed by atoms with Crippen molar-refractivity contribution < 1.29 is 33.0 Å². The smallest absolute Gasteiger partial charge is 0.339 e. The van der Waals surface area contributed by atoms with Gasteiger partial charge in [-0.1, -0.05) is 6.92 Å². The summed E-state index contributed by atoms with van der Waals surface area (Å²) in [6.07, 6.45) is 0. The minimum absolute atomic E-state index is 0.142. The molecule has 1 saturated heterocycles. The SMILES string of the molecule is C[C@H]1CS(=O)(=O)N(c2ccc(C(=O)Nc3ccc(O)c(C(=O)O)c3)cc2)C1=O. The normalized spacial score (nSPS) is 18.1. The predicted octanol–water partition coefficient (Wildman–Crippen LogP) is 1.66. The Hall–Kier alpha value is -3.40. The van der Waals surface area contributed by atoms with Gasteiger partial charge in [0.15, 0.2) is 0 Å². The minimum atomic E-state index is -3.73. The molecule has 0 aliphatic carbocycles. The average molecular weight is 404 g/mol. The molecule has 1 heterocycles. The lowest BCUT2D eigenvalue weighted by Crippen LogP contribution is -2.30. The maximum absolute atomic E-state index is 12.3. The summed E-state index contributed by atoms with van der Waals surface area (Å²) >= 11 is 0. The Balaban J connectivity index is 1.81. The Morgan fingerprint density at radius 3 is 2.32 bits per heavy atom. The quantitative estimate of drug-likeness (QED) is 0.658. The lowest BCUT2D eigenvalue weighted by atomic mass is 10.1. The highest BCUT2D eigenvalue weighted by atomic mass is 32.2. The number of hydrogen-bond acceptors (Lipinski definition) is 6. The number of carboxylic acid groups (broad SMARTS) is 1. The zero-order valence-corrected chi connectivity index (χ0v) is 15.4. The molecule has 1 aliphatic rings. The van der Waals surface area contributed by atoms with Crippen molar-refractivity contribution in [2.45, 2.75) is 6.92 Å². The molecular weight excluding hydrogens is 388 g/mol. The molecule has 2 aromatic rings. The van der Waals surface area contributed by atoms with E-state index < -0.39 is 39.5 Å². The highest BCUT2D eigenvalue weighted by Gasteiger charge is 2.41. The summed E-state index contributed by atoms with van der Waals surface area (Å²) in [4.78, 5) is 35.5. The molecule has 2 aromatic carbocycles. The number of nitrogens with one attached hydrogen (secondary N) is 1. The standard InChI is InChI=1S/C18H16N2O7S/c1-10-9-28(26,27)20(17(10)23)13-5-2-11(3-6-13)16(22)19-12-4-7-15(21)14(8-12)18(24)25/h2-8,10,21H,9H2,1H3,(H,19,22)(H,24,25)/t10-/m0/s1. The van der Waals surface area contributed by atoms with E-state index in [0.717, 1.165) is 16.4 Å². The number of aromatic hydroxyl groups is 1. The zero-order chi connectivity index (χ0) is 20.6. The lowest BCUT2D eigenvalue weighted by molar-refractivity contribution is -0.119. The number of hydrogen-bond donors (Lipinski definition) is 3. The van der Waals surface area contributed by atoms with Gasteiger partial charge in [-0.15, -0.1) is 0 Å². The molecule has 28 heavy (non-hydrogen) atoms. The molecule has 0 saturated carbocycles. The lowest BCUT2D eigenvalue weighted by Gasteiger charge is -2.15. The highest BCUT2D eigenvalue weighted by molar-refractivity contribution is 7.94. The molecule has 9 nitrogen and oxygen atoms in total. The van der Waals surface area contributed by atoms with E-state index in [1.54, 1.807) is 0 Å². The summed E-state index contributed by atoms with van der Waals surface area (Å²) in [5.41, 5.74) is 0.116. The molecule has 3 N–H and O–H groups in total. The molecule has 1 aliphatic heterocycles. The summed E-state index contributed by atoms with van der Waals surface area (Å²) in [7, 11) is -3.73.